The summed E-state index contributed by atoms with van der Waals surface area (Å²) >= 11 is 0. The summed E-state index contributed by atoms with van der Waals surface area (Å²) in [6.45, 7) is 9.98. The van der Waals surface area contributed by atoms with Crippen LogP contribution in [0.4, 0.5) is 0 Å². The van der Waals surface area contributed by atoms with Crippen LogP contribution in [-0.2, 0) is 0 Å². The van der Waals surface area contributed by atoms with E-state index in [-0.39, 0.29) is 0 Å². The second-order valence-electron chi connectivity index (χ2n) is 8.76. The predicted octanol–water partition coefficient (Wildman–Crippen LogP) is 3.13. The Kier molecular flexibility index (Phi) is 3.38. The molecular formula is C18H32N2. The smallest absolute Gasteiger partial charge is 0.0124 e. The van der Waals surface area contributed by atoms with Gasteiger partial charge in [0.1, 0.15) is 0 Å². The average molecular weight is 276 g/mol. The number of nitrogens with one attached hydrogen (secondary N) is 1. The Morgan fingerprint density at radius 1 is 1.05 bits per heavy atom. The molecule has 2 heteroatoms. The maximum Gasteiger partial charge on any atom is 0.0124 e. The fourth-order valence-corrected chi connectivity index (χ4v) is 6.56. The third-order valence-corrected chi connectivity index (χ3v) is 7.13. The third kappa shape index (κ3) is 2.23. The minimum absolute atomic E-state index is 0.693. The van der Waals surface area contributed by atoms with Crippen molar-refractivity contribution < 1.29 is 0 Å². The summed E-state index contributed by atoms with van der Waals surface area (Å²) in [5.41, 5.74) is 0.693. The molecule has 1 N–H and O–H groups in total. The molecule has 4 aliphatic carbocycles. The lowest BCUT2D eigenvalue weighted by Gasteiger charge is -2.60. The fraction of sp³-hybridized carbons (Fsp3) is 1.00. The molecule has 114 valence electrons. The van der Waals surface area contributed by atoms with E-state index in [9.17, 15) is 0 Å². The lowest BCUT2D eigenvalue weighted by atomic mass is 9.47. The van der Waals surface area contributed by atoms with Gasteiger partial charge >= 0.3 is 0 Å². The van der Waals surface area contributed by atoms with Gasteiger partial charge in [-0.15, -0.1) is 0 Å². The van der Waals surface area contributed by atoms with Crippen LogP contribution in [0.1, 0.15) is 52.4 Å². The average Bonchev–Trinajstić information content (AvgIpc) is 2.61. The van der Waals surface area contributed by atoms with Crippen LogP contribution in [0.15, 0.2) is 0 Å². The molecule has 2 unspecified atom stereocenters. The topological polar surface area (TPSA) is 15.3 Å². The first-order chi connectivity index (χ1) is 9.64. The van der Waals surface area contributed by atoms with Crippen LogP contribution < -0.4 is 5.32 Å². The van der Waals surface area contributed by atoms with Crippen molar-refractivity contribution >= 4 is 0 Å². The Morgan fingerprint density at radius 2 is 1.65 bits per heavy atom. The Hall–Kier alpha value is -0.0800. The molecule has 0 radical (unpaired) electrons. The van der Waals surface area contributed by atoms with Gasteiger partial charge in [0.25, 0.3) is 0 Å². The van der Waals surface area contributed by atoms with Crippen molar-refractivity contribution in [1.82, 2.24) is 10.2 Å². The van der Waals surface area contributed by atoms with Crippen LogP contribution in [0.3, 0.4) is 0 Å². The van der Waals surface area contributed by atoms with Gasteiger partial charge in [0.2, 0.25) is 0 Å². The van der Waals surface area contributed by atoms with Crippen LogP contribution in [-0.4, -0.2) is 37.1 Å². The highest BCUT2D eigenvalue weighted by Gasteiger charge is 2.54. The molecule has 2 nitrogen and oxygen atoms in total. The van der Waals surface area contributed by atoms with E-state index in [0.717, 1.165) is 29.7 Å². The zero-order valence-corrected chi connectivity index (χ0v) is 13.4. The molecule has 5 aliphatic rings. The third-order valence-electron chi connectivity index (χ3n) is 7.13. The predicted molar refractivity (Wildman–Crippen MR) is 83.7 cm³/mol. The van der Waals surface area contributed by atoms with Crippen molar-refractivity contribution in [2.75, 3.05) is 26.2 Å². The van der Waals surface area contributed by atoms with Gasteiger partial charge in [-0.3, -0.25) is 4.90 Å². The molecule has 0 amide bonds. The van der Waals surface area contributed by atoms with E-state index in [2.05, 4.69) is 24.1 Å². The van der Waals surface area contributed by atoms with Crippen molar-refractivity contribution in [2.45, 2.75) is 58.4 Å². The van der Waals surface area contributed by atoms with E-state index in [4.69, 9.17) is 0 Å². The van der Waals surface area contributed by atoms with Crippen LogP contribution in [0.2, 0.25) is 0 Å². The maximum atomic E-state index is 3.61. The van der Waals surface area contributed by atoms with E-state index in [1.54, 1.807) is 38.5 Å². The summed E-state index contributed by atoms with van der Waals surface area (Å²) in [4.78, 5) is 2.85. The second-order valence-corrected chi connectivity index (χ2v) is 8.76. The molecule has 0 spiro atoms. The molecule has 4 bridgehead atoms. The monoisotopic (exact) mass is 276 g/mol. The first-order valence-electron chi connectivity index (χ1n) is 9.09. The molecule has 2 atom stereocenters. The van der Waals surface area contributed by atoms with E-state index in [1.807, 2.05) is 0 Å². The Bertz CT molecular complexity index is 329. The minimum Gasteiger partial charge on any atom is -0.315 e. The number of hydrogen-bond donors (Lipinski definition) is 1. The van der Waals surface area contributed by atoms with Crippen molar-refractivity contribution in [1.29, 1.82) is 0 Å². The largest absolute Gasteiger partial charge is 0.315 e. The Labute approximate surface area is 124 Å². The molecule has 1 saturated heterocycles. The molecule has 5 fully saturated rings. The Morgan fingerprint density at radius 3 is 2.25 bits per heavy atom. The van der Waals surface area contributed by atoms with Crippen molar-refractivity contribution in [3.63, 3.8) is 0 Å². The molecule has 5 rings (SSSR count). The number of hydrogen-bond acceptors (Lipinski definition) is 2. The van der Waals surface area contributed by atoms with Crippen LogP contribution in [0.25, 0.3) is 0 Å². The van der Waals surface area contributed by atoms with Gasteiger partial charge in [0, 0.05) is 25.7 Å². The van der Waals surface area contributed by atoms with Gasteiger partial charge < -0.3 is 5.32 Å². The van der Waals surface area contributed by atoms with Gasteiger partial charge in [0.05, 0.1) is 0 Å². The lowest BCUT2D eigenvalue weighted by Crippen LogP contribution is -2.56. The first kappa shape index (κ1) is 13.6. The number of rotatable bonds is 2. The van der Waals surface area contributed by atoms with Crippen molar-refractivity contribution in [2.24, 2.45) is 29.1 Å². The maximum absolute atomic E-state index is 3.61. The highest BCUT2D eigenvalue weighted by Crippen LogP contribution is 2.61. The summed E-state index contributed by atoms with van der Waals surface area (Å²) in [5, 5.41) is 3.61. The first-order valence-corrected chi connectivity index (χ1v) is 9.09. The summed E-state index contributed by atoms with van der Waals surface area (Å²) < 4.78 is 0. The van der Waals surface area contributed by atoms with Crippen molar-refractivity contribution in [3.05, 3.63) is 0 Å². The Balaban J connectivity index is 1.53. The molecule has 0 aromatic heterocycles. The second kappa shape index (κ2) is 4.98. The van der Waals surface area contributed by atoms with Gasteiger partial charge in [-0.2, -0.15) is 0 Å². The molecule has 0 aromatic rings. The van der Waals surface area contributed by atoms with E-state index >= 15 is 0 Å². The molecule has 0 aromatic carbocycles. The fourth-order valence-electron chi connectivity index (χ4n) is 6.56. The molecule has 1 heterocycles. The zero-order chi connectivity index (χ0) is 13.7. The highest BCUT2D eigenvalue weighted by atomic mass is 15.2. The van der Waals surface area contributed by atoms with E-state index in [0.29, 0.717) is 5.41 Å². The minimum atomic E-state index is 0.693. The number of nitrogens with zero attached hydrogens (tertiary/aromatic N) is 1. The van der Waals surface area contributed by atoms with Gasteiger partial charge in [-0.25, -0.2) is 0 Å². The van der Waals surface area contributed by atoms with Gasteiger partial charge in [-0.05, 0) is 81.1 Å². The van der Waals surface area contributed by atoms with Gasteiger partial charge in [0.15, 0.2) is 0 Å². The SMILES string of the molecule is CC1CNCCN(C(C)C23CC4CC(CC(C4)C2)C3)C1. The molecule has 1 aliphatic heterocycles. The van der Waals surface area contributed by atoms with E-state index in [1.165, 1.54) is 26.2 Å². The van der Waals surface area contributed by atoms with Crippen LogP contribution >= 0.6 is 0 Å². The van der Waals surface area contributed by atoms with E-state index < -0.39 is 0 Å². The summed E-state index contributed by atoms with van der Waals surface area (Å²) in [6.07, 6.45) is 9.38. The molecule has 4 saturated carbocycles. The zero-order valence-electron chi connectivity index (χ0n) is 13.4. The van der Waals surface area contributed by atoms with Crippen molar-refractivity contribution in [3.8, 4) is 0 Å². The molecular weight excluding hydrogens is 244 g/mol. The summed E-state index contributed by atoms with van der Waals surface area (Å²) in [7, 11) is 0. The van der Waals surface area contributed by atoms with Crippen LogP contribution in [0.5, 0.6) is 0 Å². The summed E-state index contributed by atoms with van der Waals surface area (Å²) in [5.74, 6) is 4.08. The quantitative estimate of drug-likeness (QED) is 0.833. The van der Waals surface area contributed by atoms with Crippen LogP contribution in [0, 0.1) is 29.1 Å². The highest BCUT2D eigenvalue weighted by molar-refractivity contribution is 5.05. The lowest BCUT2D eigenvalue weighted by molar-refractivity contribution is -0.0969. The van der Waals surface area contributed by atoms with Gasteiger partial charge in [-0.1, -0.05) is 6.92 Å². The standard InChI is InChI=1S/C18H32N2/c1-13-11-19-3-4-20(12-13)14(2)18-8-15-5-16(9-18)7-17(6-15)10-18/h13-17,19H,3-12H2,1-2H3. The normalized spacial score (nSPS) is 50.1. The summed E-state index contributed by atoms with van der Waals surface area (Å²) in [6, 6.07) is 0.818. The molecule has 20 heavy (non-hydrogen) atoms.